The van der Waals surface area contributed by atoms with Gasteiger partial charge < -0.3 is 0 Å². The summed E-state index contributed by atoms with van der Waals surface area (Å²) in [5, 5.41) is 0. The lowest BCUT2D eigenvalue weighted by molar-refractivity contribution is -0.432. The first-order valence-corrected chi connectivity index (χ1v) is 17.1. The molecule has 5 rings (SSSR count). The van der Waals surface area contributed by atoms with Gasteiger partial charge in [-0.25, -0.2) is 9.78 Å². The molecule has 244 valence electrons. The maximum Gasteiger partial charge on any atom is 0.154 e. The normalized spacial score (nSPS) is 17.1. The number of rotatable bonds is 4. The van der Waals surface area contributed by atoms with Crippen molar-refractivity contribution in [3.05, 3.63) is 142 Å². The Balaban J connectivity index is 1.63. The Morgan fingerprint density at radius 1 is 0.326 bits per heavy atom. The number of hydrogen-bond donors (Lipinski definition) is 0. The van der Waals surface area contributed by atoms with Crippen LogP contribution in [0.25, 0.3) is 0 Å². The van der Waals surface area contributed by atoms with E-state index in [0.717, 1.165) is 35.1 Å². The maximum absolute atomic E-state index is 6.91. The van der Waals surface area contributed by atoms with E-state index in [1.807, 2.05) is 0 Å². The molecule has 1 aliphatic rings. The van der Waals surface area contributed by atoms with Crippen molar-refractivity contribution in [2.45, 2.75) is 129 Å². The Kier molecular flexibility index (Phi) is 8.76. The van der Waals surface area contributed by atoms with Gasteiger partial charge in [0.2, 0.25) is 0 Å². The minimum Gasteiger partial charge on any atom is -0.219 e. The van der Waals surface area contributed by atoms with Gasteiger partial charge in [-0.1, -0.05) is 180 Å². The van der Waals surface area contributed by atoms with Crippen molar-refractivity contribution in [1.82, 2.24) is 0 Å². The van der Waals surface area contributed by atoms with Crippen molar-refractivity contribution in [1.29, 1.82) is 0 Å². The Morgan fingerprint density at radius 3 is 0.630 bits per heavy atom. The van der Waals surface area contributed by atoms with Crippen molar-refractivity contribution < 1.29 is 9.78 Å². The standard InChI is InChI=1S/C44H56O2/c1-39(2,3)31-13-21-35(22-14-31)43(36-23-15-32(16-24-36)40(4,5)6)29-30-44(46-45-43,37-25-17-33(18-26-37)41(7,8)9)38-27-19-34(20-28-38)42(10,11)12/h13-28H,29-30H2,1-12H3. The zero-order valence-electron chi connectivity index (χ0n) is 30.5. The van der Waals surface area contributed by atoms with E-state index < -0.39 is 11.2 Å². The second-order valence-corrected chi connectivity index (χ2v) is 17.6. The summed E-state index contributed by atoms with van der Waals surface area (Å²) in [6.45, 7) is 27.1. The van der Waals surface area contributed by atoms with Crippen LogP contribution in [0, 0.1) is 0 Å². The Bertz CT molecular complexity index is 1360. The lowest BCUT2D eigenvalue weighted by atomic mass is 9.73. The van der Waals surface area contributed by atoms with Gasteiger partial charge in [0.25, 0.3) is 0 Å². The maximum atomic E-state index is 6.91. The second-order valence-electron chi connectivity index (χ2n) is 17.6. The molecule has 1 fully saturated rings. The molecule has 1 aliphatic heterocycles. The van der Waals surface area contributed by atoms with E-state index in [1.165, 1.54) is 22.3 Å². The van der Waals surface area contributed by atoms with Gasteiger partial charge >= 0.3 is 0 Å². The highest BCUT2D eigenvalue weighted by Crippen LogP contribution is 2.51. The molecule has 1 saturated heterocycles. The number of benzene rings is 4. The zero-order chi connectivity index (χ0) is 33.8. The van der Waals surface area contributed by atoms with Crippen molar-refractivity contribution >= 4 is 0 Å². The molecule has 0 aromatic heterocycles. The molecule has 46 heavy (non-hydrogen) atoms. The molecule has 0 N–H and O–H groups in total. The fourth-order valence-corrected chi connectivity index (χ4v) is 6.64. The van der Waals surface area contributed by atoms with Crippen LogP contribution in [0.2, 0.25) is 0 Å². The zero-order valence-corrected chi connectivity index (χ0v) is 30.5. The molecule has 2 heteroatoms. The van der Waals surface area contributed by atoms with Gasteiger partial charge in [-0.2, -0.15) is 0 Å². The molecule has 0 amide bonds. The van der Waals surface area contributed by atoms with Gasteiger partial charge in [0.1, 0.15) is 0 Å². The fraction of sp³-hybridized carbons (Fsp3) is 0.455. The largest absolute Gasteiger partial charge is 0.219 e. The highest BCUT2D eigenvalue weighted by Gasteiger charge is 2.50. The van der Waals surface area contributed by atoms with Crippen LogP contribution in [0.15, 0.2) is 97.1 Å². The van der Waals surface area contributed by atoms with E-state index in [-0.39, 0.29) is 21.7 Å². The van der Waals surface area contributed by atoms with E-state index in [4.69, 9.17) is 9.78 Å². The first-order valence-electron chi connectivity index (χ1n) is 17.1. The predicted molar refractivity (Wildman–Crippen MR) is 194 cm³/mol. The van der Waals surface area contributed by atoms with E-state index in [9.17, 15) is 0 Å². The molecule has 0 atom stereocenters. The summed E-state index contributed by atoms with van der Waals surface area (Å²) in [7, 11) is 0. The lowest BCUT2D eigenvalue weighted by Crippen LogP contribution is -2.45. The quantitative estimate of drug-likeness (QED) is 0.212. The molecular weight excluding hydrogens is 560 g/mol. The summed E-state index contributed by atoms with van der Waals surface area (Å²) in [6, 6.07) is 35.9. The molecule has 4 aromatic rings. The summed E-state index contributed by atoms with van der Waals surface area (Å²) in [5.41, 5.74) is 8.46. The summed E-state index contributed by atoms with van der Waals surface area (Å²) < 4.78 is 0. The van der Waals surface area contributed by atoms with Crippen molar-refractivity contribution in [2.24, 2.45) is 0 Å². The molecule has 0 radical (unpaired) electrons. The molecule has 0 spiro atoms. The van der Waals surface area contributed by atoms with Crippen LogP contribution in [-0.4, -0.2) is 0 Å². The lowest BCUT2D eigenvalue weighted by Gasteiger charge is -2.46. The van der Waals surface area contributed by atoms with E-state index >= 15 is 0 Å². The highest BCUT2D eigenvalue weighted by atomic mass is 17.2. The average Bonchev–Trinajstić information content (AvgIpc) is 3.00. The van der Waals surface area contributed by atoms with Gasteiger partial charge in [-0.3, -0.25) is 0 Å². The van der Waals surface area contributed by atoms with Crippen molar-refractivity contribution in [3.8, 4) is 0 Å². The second kappa shape index (κ2) is 11.8. The third kappa shape index (κ3) is 6.62. The van der Waals surface area contributed by atoms with Gasteiger partial charge in [0.15, 0.2) is 11.2 Å². The summed E-state index contributed by atoms with van der Waals surface area (Å²) in [5.74, 6) is 0. The fourth-order valence-electron chi connectivity index (χ4n) is 6.64. The monoisotopic (exact) mass is 616 g/mol. The topological polar surface area (TPSA) is 18.5 Å². The Labute approximate surface area is 279 Å². The minimum absolute atomic E-state index is 0.0670. The summed E-state index contributed by atoms with van der Waals surface area (Å²) >= 11 is 0. The van der Waals surface area contributed by atoms with Crippen molar-refractivity contribution in [3.63, 3.8) is 0 Å². The van der Waals surface area contributed by atoms with Crippen LogP contribution in [0.1, 0.15) is 140 Å². The van der Waals surface area contributed by atoms with Crippen LogP contribution in [0.5, 0.6) is 0 Å². The molecule has 0 unspecified atom stereocenters. The first kappa shape index (κ1) is 34.1. The molecule has 1 heterocycles. The third-order valence-corrected chi connectivity index (χ3v) is 10.0. The Hall–Kier alpha value is -3.20. The molecule has 4 aromatic carbocycles. The first-order chi connectivity index (χ1) is 21.3. The van der Waals surface area contributed by atoms with Gasteiger partial charge in [-0.15, -0.1) is 0 Å². The summed E-state index contributed by atoms with van der Waals surface area (Å²) in [4.78, 5) is 13.8. The van der Waals surface area contributed by atoms with Crippen LogP contribution in [0.3, 0.4) is 0 Å². The smallest absolute Gasteiger partial charge is 0.154 e. The van der Waals surface area contributed by atoms with Crippen LogP contribution >= 0.6 is 0 Å². The molecule has 2 nitrogen and oxygen atoms in total. The van der Waals surface area contributed by atoms with E-state index in [1.54, 1.807) is 0 Å². The van der Waals surface area contributed by atoms with Gasteiger partial charge in [0.05, 0.1) is 0 Å². The molecular formula is C44H56O2. The average molecular weight is 617 g/mol. The molecule has 0 saturated carbocycles. The third-order valence-electron chi connectivity index (χ3n) is 10.0. The van der Waals surface area contributed by atoms with Crippen LogP contribution in [-0.2, 0) is 42.6 Å². The predicted octanol–water partition coefficient (Wildman–Crippen LogP) is 11.8. The minimum atomic E-state index is -0.743. The van der Waals surface area contributed by atoms with Gasteiger partial charge in [-0.05, 0) is 79.0 Å². The Morgan fingerprint density at radius 2 is 0.500 bits per heavy atom. The number of hydrogen-bond acceptors (Lipinski definition) is 2. The van der Waals surface area contributed by atoms with E-state index in [2.05, 4.69) is 180 Å². The van der Waals surface area contributed by atoms with Crippen LogP contribution < -0.4 is 0 Å². The molecule has 0 bridgehead atoms. The summed E-state index contributed by atoms with van der Waals surface area (Å²) in [6.07, 6.45) is 1.53. The van der Waals surface area contributed by atoms with E-state index in [0.29, 0.717) is 0 Å². The van der Waals surface area contributed by atoms with Crippen molar-refractivity contribution in [2.75, 3.05) is 0 Å². The van der Waals surface area contributed by atoms with Crippen LogP contribution in [0.4, 0.5) is 0 Å². The highest BCUT2D eigenvalue weighted by molar-refractivity contribution is 5.45. The SMILES string of the molecule is CC(C)(C)c1ccc(C2(c3ccc(C(C)(C)C)cc3)CCC(c3ccc(C(C)(C)C)cc3)(c3ccc(C(C)(C)C)cc3)OO2)cc1. The van der Waals surface area contributed by atoms with Gasteiger partial charge in [0, 0.05) is 0 Å². The molecule has 0 aliphatic carbocycles.